The highest BCUT2D eigenvalue weighted by Gasteiger charge is 2.30. The molecule has 1 aromatic rings. The van der Waals surface area contributed by atoms with Crippen LogP contribution in [0.4, 0.5) is 0 Å². The lowest BCUT2D eigenvalue weighted by Gasteiger charge is -2.22. The summed E-state index contributed by atoms with van der Waals surface area (Å²) >= 11 is 0. The van der Waals surface area contributed by atoms with E-state index in [0.29, 0.717) is 19.6 Å². The van der Waals surface area contributed by atoms with E-state index in [1.807, 2.05) is 6.92 Å². The van der Waals surface area contributed by atoms with Crippen LogP contribution < -0.4 is 0 Å². The lowest BCUT2D eigenvalue weighted by molar-refractivity contribution is 0.301. The fourth-order valence-electron chi connectivity index (χ4n) is 2.61. The summed E-state index contributed by atoms with van der Waals surface area (Å²) in [5, 5.41) is 0. The first-order valence-electron chi connectivity index (χ1n) is 7.28. The molecule has 0 aromatic heterocycles. The number of sulfonamides is 1. The minimum Gasteiger partial charge on any atom is -0.302 e. The molecule has 0 aliphatic carbocycles. The van der Waals surface area contributed by atoms with Gasteiger partial charge in [0.15, 0.2) is 9.84 Å². The Morgan fingerprint density at radius 3 is 2.18 bits per heavy atom. The topological polar surface area (TPSA) is 74.8 Å². The zero-order valence-electron chi connectivity index (χ0n) is 12.9. The first-order valence-corrected chi connectivity index (χ1v) is 10.6. The quantitative estimate of drug-likeness (QED) is 0.806. The molecule has 2 rings (SSSR count). The van der Waals surface area contributed by atoms with Crippen LogP contribution in [0.25, 0.3) is 0 Å². The molecule has 0 saturated carbocycles. The molecule has 1 heterocycles. The fraction of sp³-hybridized carbons (Fsp3) is 0.571. The van der Waals surface area contributed by atoms with Gasteiger partial charge >= 0.3 is 0 Å². The second-order valence-electron chi connectivity index (χ2n) is 5.41. The monoisotopic (exact) mass is 346 g/mol. The molecular weight excluding hydrogens is 324 g/mol. The molecule has 1 aromatic carbocycles. The van der Waals surface area contributed by atoms with Gasteiger partial charge < -0.3 is 4.90 Å². The van der Waals surface area contributed by atoms with Gasteiger partial charge in [0, 0.05) is 25.9 Å². The van der Waals surface area contributed by atoms with Gasteiger partial charge in [0.1, 0.15) is 4.90 Å². The van der Waals surface area contributed by atoms with Crippen LogP contribution in [0.1, 0.15) is 13.3 Å². The van der Waals surface area contributed by atoms with Gasteiger partial charge in [-0.05, 0) is 31.6 Å². The lowest BCUT2D eigenvalue weighted by atomic mass is 10.4. The molecule has 1 saturated heterocycles. The number of nitrogens with zero attached hydrogens (tertiary/aromatic N) is 2. The molecule has 1 aliphatic heterocycles. The van der Waals surface area contributed by atoms with Crippen molar-refractivity contribution in [3.05, 3.63) is 24.3 Å². The minimum absolute atomic E-state index is 0.123. The van der Waals surface area contributed by atoms with Crippen molar-refractivity contribution in [2.24, 2.45) is 0 Å². The molecule has 0 N–H and O–H groups in total. The normalized spacial score (nSPS) is 19.0. The summed E-state index contributed by atoms with van der Waals surface area (Å²) in [6, 6.07) is 5.81. The summed E-state index contributed by atoms with van der Waals surface area (Å²) in [4.78, 5) is 1.94. The minimum atomic E-state index is -3.80. The highest BCUT2D eigenvalue weighted by molar-refractivity contribution is 7.93. The van der Waals surface area contributed by atoms with Gasteiger partial charge in [0.2, 0.25) is 10.0 Å². The van der Waals surface area contributed by atoms with E-state index in [1.54, 1.807) is 6.07 Å². The van der Waals surface area contributed by atoms with Crippen molar-refractivity contribution in [3.8, 4) is 0 Å². The first-order chi connectivity index (χ1) is 10.3. The molecule has 0 radical (unpaired) electrons. The molecule has 0 atom stereocenters. The maximum atomic E-state index is 12.8. The molecule has 8 heteroatoms. The van der Waals surface area contributed by atoms with Crippen LogP contribution in [0.5, 0.6) is 0 Å². The van der Waals surface area contributed by atoms with Crippen molar-refractivity contribution in [2.75, 3.05) is 39.0 Å². The highest BCUT2D eigenvalue weighted by Crippen LogP contribution is 2.24. The summed E-state index contributed by atoms with van der Waals surface area (Å²) in [6.07, 6.45) is 1.77. The molecule has 0 unspecified atom stereocenters. The molecule has 1 fully saturated rings. The van der Waals surface area contributed by atoms with Crippen LogP contribution in [0.15, 0.2) is 34.1 Å². The maximum Gasteiger partial charge on any atom is 0.244 e. The van der Waals surface area contributed by atoms with Crippen LogP contribution in [0, 0.1) is 0 Å². The van der Waals surface area contributed by atoms with E-state index >= 15 is 0 Å². The Morgan fingerprint density at radius 1 is 0.955 bits per heavy atom. The number of benzene rings is 1. The fourth-order valence-corrected chi connectivity index (χ4v) is 5.68. The summed E-state index contributed by atoms with van der Waals surface area (Å²) in [7, 11) is -7.40. The molecule has 22 heavy (non-hydrogen) atoms. The third-order valence-corrected chi connectivity index (χ3v) is 7.10. The number of hydrogen-bond acceptors (Lipinski definition) is 5. The summed E-state index contributed by atoms with van der Waals surface area (Å²) in [5.41, 5.74) is 0. The van der Waals surface area contributed by atoms with Gasteiger partial charge in [0.05, 0.1) is 4.90 Å². The molecule has 0 amide bonds. The first kappa shape index (κ1) is 17.4. The van der Waals surface area contributed by atoms with E-state index in [-0.39, 0.29) is 9.79 Å². The summed E-state index contributed by atoms with van der Waals surface area (Å²) in [5.74, 6) is 0. The zero-order valence-corrected chi connectivity index (χ0v) is 14.5. The van der Waals surface area contributed by atoms with Gasteiger partial charge in [-0.3, -0.25) is 0 Å². The average molecular weight is 346 g/mol. The van der Waals surface area contributed by atoms with Crippen molar-refractivity contribution >= 4 is 19.9 Å². The lowest BCUT2D eigenvalue weighted by Crippen LogP contribution is -2.35. The van der Waals surface area contributed by atoms with Gasteiger partial charge in [-0.15, -0.1) is 0 Å². The molecule has 0 bridgehead atoms. The van der Waals surface area contributed by atoms with Crippen molar-refractivity contribution in [2.45, 2.75) is 23.1 Å². The van der Waals surface area contributed by atoms with E-state index in [9.17, 15) is 16.8 Å². The second kappa shape index (κ2) is 6.66. The Morgan fingerprint density at radius 2 is 1.59 bits per heavy atom. The summed E-state index contributed by atoms with van der Waals surface area (Å²) in [6.45, 7) is 5.25. The van der Waals surface area contributed by atoms with E-state index < -0.39 is 19.9 Å². The Balaban J connectivity index is 2.39. The average Bonchev–Trinajstić information content (AvgIpc) is 2.72. The van der Waals surface area contributed by atoms with Gasteiger partial charge in [-0.25, -0.2) is 16.8 Å². The predicted octanol–water partition coefficient (Wildman–Crippen LogP) is 0.806. The smallest absolute Gasteiger partial charge is 0.244 e. The highest BCUT2D eigenvalue weighted by atomic mass is 32.2. The van der Waals surface area contributed by atoms with Crippen LogP contribution >= 0.6 is 0 Å². The molecular formula is C14H22N2O4S2. The van der Waals surface area contributed by atoms with Crippen molar-refractivity contribution in [1.29, 1.82) is 0 Å². The number of hydrogen-bond donors (Lipinski definition) is 0. The summed E-state index contributed by atoms with van der Waals surface area (Å²) < 4.78 is 50.8. The molecule has 1 aliphatic rings. The van der Waals surface area contributed by atoms with E-state index in [0.717, 1.165) is 25.8 Å². The van der Waals surface area contributed by atoms with Crippen LogP contribution in [0.3, 0.4) is 0 Å². The van der Waals surface area contributed by atoms with Crippen molar-refractivity contribution < 1.29 is 16.8 Å². The Hall–Kier alpha value is -0.960. The molecule has 6 nitrogen and oxygen atoms in total. The van der Waals surface area contributed by atoms with E-state index in [2.05, 4.69) is 4.90 Å². The van der Waals surface area contributed by atoms with Gasteiger partial charge in [-0.2, -0.15) is 4.31 Å². The van der Waals surface area contributed by atoms with Crippen molar-refractivity contribution in [3.63, 3.8) is 0 Å². The van der Waals surface area contributed by atoms with E-state index in [4.69, 9.17) is 0 Å². The SMILES string of the molecule is CCN1CCCN(S(=O)(=O)c2ccccc2S(C)(=O)=O)CC1. The Bertz CT molecular complexity index is 729. The van der Waals surface area contributed by atoms with Crippen molar-refractivity contribution in [1.82, 2.24) is 9.21 Å². The Labute approximate surface area is 132 Å². The predicted molar refractivity (Wildman–Crippen MR) is 85.0 cm³/mol. The molecule has 0 spiro atoms. The maximum absolute atomic E-state index is 12.8. The second-order valence-corrected chi connectivity index (χ2v) is 9.30. The third-order valence-electron chi connectivity index (χ3n) is 3.86. The van der Waals surface area contributed by atoms with Gasteiger partial charge in [0.25, 0.3) is 0 Å². The number of rotatable bonds is 4. The largest absolute Gasteiger partial charge is 0.302 e. The zero-order chi connectivity index (χ0) is 16.4. The van der Waals surface area contributed by atoms with E-state index in [1.165, 1.54) is 22.5 Å². The third kappa shape index (κ3) is 3.68. The Kier molecular flexibility index (Phi) is 5.26. The van der Waals surface area contributed by atoms with Gasteiger partial charge in [-0.1, -0.05) is 19.1 Å². The van der Waals surface area contributed by atoms with Crippen LogP contribution in [-0.4, -0.2) is 65.0 Å². The molecule has 124 valence electrons. The number of likely N-dealkylation sites (N-methyl/N-ethyl adjacent to an activating group) is 1. The van der Waals surface area contributed by atoms with Crippen LogP contribution in [0.2, 0.25) is 0 Å². The van der Waals surface area contributed by atoms with Crippen LogP contribution in [-0.2, 0) is 19.9 Å². The number of sulfone groups is 1. The standard InChI is InChI=1S/C14H22N2O4S2/c1-3-15-9-6-10-16(12-11-15)22(19,20)14-8-5-4-7-13(14)21(2,17)18/h4-5,7-8H,3,6,9-12H2,1-2H3.